The molecule has 5 heterocycles. The molecule has 3 aliphatic rings. The van der Waals surface area contributed by atoms with Crippen molar-refractivity contribution in [3.8, 4) is 17.0 Å². The van der Waals surface area contributed by atoms with Crippen molar-refractivity contribution in [2.75, 3.05) is 31.6 Å². The summed E-state index contributed by atoms with van der Waals surface area (Å²) in [6.45, 7) is 5.17. The summed E-state index contributed by atoms with van der Waals surface area (Å²) in [5.74, 6) is 1.45. The summed E-state index contributed by atoms with van der Waals surface area (Å²) < 4.78 is 4.96. The Kier molecular flexibility index (Phi) is 7.46. The van der Waals surface area contributed by atoms with E-state index in [1.165, 1.54) is 23.9 Å². The molecule has 1 atom stereocenters. The molecular formula is C33H39N7O3. The van der Waals surface area contributed by atoms with Crippen LogP contribution in [0.15, 0.2) is 42.7 Å². The summed E-state index contributed by atoms with van der Waals surface area (Å²) in [7, 11) is 1.49. The van der Waals surface area contributed by atoms with Crippen LogP contribution in [0.25, 0.3) is 22.3 Å². The maximum atomic E-state index is 11.9. The number of hydrogen-bond donors (Lipinski definition) is 2. The van der Waals surface area contributed by atoms with E-state index in [-0.39, 0.29) is 23.7 Å². The van der Waals surface area contributed by atoms with E-state index in [0.29, 0.717) is 23.2 Å². The maximum absolute atomic E-state index is 11.9. The number of piperidine rings is 1. The van der Waals surface area contributed by atoms with Crippen LogP contribution in [0.5, 0.6) is 5.75 Å². The van der Waals surface area contributed by atoms with Gasteiger partial charge in [0.15, 0.2) is 5.65 Å². The van der Waals surface area contributed by atoms with E-state index in [0.717, 1.165) is 81.6 Å². The average molecular weight is 582 g/mol. The molecular weight excluding hydrogens is 542 g/mol. The van der Waals surface area contributed by atoms with Gasteiger partial charge in [-0.1, -0.05) is 12.1 Å². The number of likely N-dealkylation sites (tertiary alicyclic amines) is 1. The lowest BCUT2D eigenvalue weighted by molar-refractivity contribution is -0.147. The van der Waals surface area contributed by atoms with Crippen LogP contribution >= 0.6 is 0 Å². The van der Waals surface area contributed by atoms with Gasteiger partial charge in [0.1, 0.15) is 5.75 Å². The second-order valence-electron chi connectivity index (χ2n) is 12.3. The van der Waals surface area contributed by atoms with Gasteiger partial charge >= 0.3 is 5.97 Å². The highest BCUT2D eigenvalue weighted by molar-refractivity contribution is 5.86. The number of fused-ring (bicyclic) bond motifs is 3. The molecule has 10 nitrogen and oxygen atoms in total. The number of benzene rings is 1. The third kappa shape index (κ3) is 5.22. The van der Waals surface area contributed by atoms with Gasteiger partial charge in [-0.2, -0.15) is 0 Å². The number of nitrogens with one attached hydrogen (secondary N) is 1. The molecule has 0 radical (unpaired) electrons. The number of phenolic OH excluding ortho intramolecular Hbond substituents is 1. The summed E-state index contributed by atoms with van der Waals surface area (Å²) in [5.41, 5.74) is 5.66. The first-order valence-corrected chi connectivity index (χ1v) is 15.6. The minimum Gasteiger partial charge on any atom is -0.507 e. The van der Waals surface area contributed by atoms with Crippen molar-refractivity contribution < 1.29 is 14.6 Å². The van der Waals surface area contributed by atoms with Gasteiger partial charge in [0, 0.05) is 53.6 Å². The van der Waals surface area contributed by atoms with Gasteiger partial charge < -0.3 is 24.6 Å². The van der Waals surface area contributed by atoms with Crippen LogP contribution in [0.4, 0.5) is 5.95 Å². The van der Waals surface area contributed by atoms with E-state index in [2.05, 4.69) is 31.9 Å². The molecule has 0 spiro atoms. The molecule has 4 aromatic rings. The fraction of sp³-hybridized carbons (Fsp3) is 0.485. The van der Waals surface area contributed by atoms with Crippen LogP contribution in [0.3, 0.4) is 0 Å². The molecule has 2 aliphatic heterocycles. The second-order valence-corrected chi connectivity index (χ2v) is 12.3. The molecule has 1 aromatic carbocycles. The van der Waals surface area contributed by atoms with Crippen LogP contribution in [0.2, 0.25) is 0 Å². The lowest BCUT2D eigenvalue weighted by Gasteiger charge is -2.40. The zero-order chi connectivity index (χ0) is 29.5. The molecule has 10 heteroatoms. The number of esters is 1. The van der Waals surface area contributed by atoms with Crippen molar-refractivity contribution >= 4 is 23.0 Å². The summed E-state index contributed by atoms with van der Waals surface area (Å²) in [5, 5.41) is 20.2. The number of nitrogens with zero attached hydrogens (tertiary/aromatic N) is 6. The summed E-state index contributed by atoms with van der Waals surface area (Å²) in [6.07, 6.45) is 11.2. The second kappa shape index (κ2) is 11.6. The normalized spacial score (nSPS) is 23.3. The standard InChI is InChI=1S/C33H39N7O3/c1-20-30-26-17-28(25-5-3-4-6-29(25)41)37-38-31(26)36-27(30)13-16-40(20)33-34-18-23(19-35-33)21-11-14-39(15-12-21)24-9-7-22(8-10-24)32(42)43-2/h3-6,17-22,24,41H,7-16H2,1-2H3,(H,36,38)/t20-,22?,24?/m0/s1. The molecule has 1 saturated carbocycles. The van der Waals surface area contributed by atoms with Crippen molar-refractivity contribution in [3.05, 3.63) is 59.5 Å². The molecule has 2 fully saturated rings. The molecule has 1 saturated heterocycles. The summed E-state index contributed by atoms with van der Waals surface area (Å²) in [4.78, 5) is 30.0. The number of carbonyl (C=O) groups excluding carboxylic acids is 1. The highest BCUT2D eigenvalue weighted by Gasteiger charge is 2.33. The number of aromatic nitrogens is 5. The number of H-pyrrole nitrogens is 1. The SMILES string of the molecule is COC(=O)C1CCC(N2CCC(c3cnc(N4CCc5[nH]c6nnc(-c7ccccc7O)cc6c5[C@@H]4C)nc3)CC2)CC1. The van der Waals surface area contributed by atoms with E-state index in [9.17, 15) is 9.90 Å². The van der Waals surface area contributed by atoms with Crippen LogP contribution in [0.1, 0.15) is 74.2 Å². The first-order chi connectivity index (χ1) is 21.0. The number of anilines is 1. The number of carbonyl (C=O) groups is 1. The van der Waals surface area contributed by atoms with Crippen LogP contribution < -0.4 is 4.90 Å². The lowest BCUT2D eigenvalue weighted by atomic mass is 9.83. The largest absolute Gasteiger partial charge is 0.507 e. The van der Waals surface area contributed by atoms with E-state index in [1.807, 2.05) is 30.6 Å². The molecule has 224 valence electrons. The fourth-order valence-corrected chi connectivity index (χ4v) is 7.54. The van der Waals surface area contributed by atoms with Gasteiger partial charge in [0.05, 0.1) is 24.8 Å². The third-order valence-corrected chi connectivity index (χ3v) is 10.0. The van der Waals surface area contributed by atoms with Gasteiger partial charge in [-0.05, 0) is 88.2 Å². The molecule has 0 amide bonds. The number of methoxy groups -OCH3 is 1. The Balaban J connectivity index is 1.02. The van der Waals surface area contributed by atoms with Crippen LogP contribution in [0, 0.1) is 5.92 Å². The topological polar surface area (TPSA) is 120 Å². The van der Waals surface area contributed by atoms with Crippen LogP contribution in [-0.2, 0) is 16.0 Å². The van der Waals surface area contributed by atoms with Gasteiger partial charge in [-0.25, -0.2) is 9.97 Å². The monoisotopic (exact) mass is 581 g/mol. The predicted octanol–water partition coefficient (Wildman–Crippen LogP) is 5.16. The number of phenols is 1. The average Bonchev–Trinajstić information content (AvgIpc) is 3.44. The Bertz CT molecular complexity index is 1600. The van der Waals surface area contributed by atoms with Crippen molar-refractivity contribution in [3.63, 3.8) is 0 Å². The number of ether oxygens (including phenoxy) is 1. The Hall–Kier alpha value is -4.05. The summed E-state index contributed by atoms with van der Waals surface area (Å²) in [6, 6.07) is 9.88. The van der Waals surface area contributed by atoms with Gasteiger partial charge in [-0.3, -0.25) is 4.79 Å². The number of rotatable bonds is 5. The first-order valence-electron chi connectivity index (χ1n) is 15.6. The van der Waals surface area contributed by atoms with Gasteiger partial charge in [0.2, 0.25) is 5.95 Å². The Morgan fingerprint density at radius 1 is 1.00 bits per heavy atom. The first kappa shape index (κ1) is 27.8. The minimum absolute atomic E-state index is 0.0471. The highest BCUT2D eigenvalue weighted by Crippen LogP contribution is 2.39. The number of hydrogen-bond acceptors (Lipinski definition) is 9. The molecule has 7 rings (SSSR count). The number of para-hydroxylation sites is 1. The zero-order valence-electron chi connectivity index (χ0n) is 24.9. The van der Waals surface area contributed by atoms with Gasteiger partial charge in [-0.15, -0.1) is 10.2 Å². The van der Waals surface area contributed by atoms with E-state index >= 15 is 0 Å². The fourth-order valence-electron chi connectivity index (χ4n) is 7.54. The van der Waals surface area contributed by atoms with E-state index < -0.39 is 0 Å². The van der Waals surface area contributed by atoms with E-state index in [4.69, 9.17) is 14.7 Å². The number of aromatic amines is 1. The quantitative estimate of drug-likeness (QED) is 0.308. The number of aromatic hydroxyl groups is 1. The minimum atomic E-state index is -0.0471. The van der Waals surface area contributed by atoms with Crippen LogP contribution in [-0.4, -0.2) is 73.9 Å². The van der Waals surface area contributed by atoms with Crippen molar-refractivity contribution in [2.45, 2.75) is 69.9 Å². The maximum Gasteiger partial charge on any atom is 0.308 e. The molecule has 2 N–H and O–H groups in total. The Labute approximate surface area is 251 Å². The predicted molar refractivity (Wildman–Crippen MR) is 164 cm³/mol. The smallest absolute Gasteiger partial charge is 0.308 e. The van der Waals surface area contributed by atoms with Crippen molar-refractivity contribution in [2.24, 2.45) is 5.92 Å². The molecule has 1 aliphatic carbocycles. The van der Waals surface area contributed by atoms with Crippen molar-refractivity contribution in [1.82, 2.24) is 30.0 Å². The zero-order valence-corrected chi connectivity index (χ0v) is 24.9. The Morgan fingerprint density at radius 2 is 1.74 bits per heavy atom. The Morgan fingerprint density at radius 3 is 2.47 bits per heavy atom. The van der Waals surface area contributed by atoms with Gasteiger partial charge in [0.25, 0.3) is 0 Å². The highest BCUT2D eigenvalue weighted by atomic mass is 16.5. The lowest BCUT2D eigenvalue weighted by Crippen LogP contribution is -2.43. The third-order valence-electron chi connectivity index (χ3n) is 10.0. The van der Waals surface area contributed by atoms with Crippen molar-refractivity contribution in [1.29, 1.82) is 0 Å². The van der Waals surface area contributed by atoms with E-state index in [1.54, 1.807) is 12.1 Å². The molecule has 0 bridgehead atoms. The molecule has 43 heavy (non-hydrogen) atoms. The molecule has 3 aromatic heterocycles. The summed E-state index contributed by atoms with van der Waals surface area (Å²) >= 11 is 0. The molecule has 0 unspecified atom stereocenters.